The standard InChI is InChI=1S/C26H34N4OS2/c1-6-13-26(3,4)24-22(33-25(29-24)30-14-16-31-17-15-30)18-21(32-19-28-7-2)23(27-5)20-11-9-8-10-12-20/h6,8-13,18-19H,7,14-17H2,1-5H3/b13-6-,21-18-,27-23?,28-19?. The molecule has 0 amide bonds. The molecule has 3 rings (SSSR count). The zero-order chi connectivity index (χ0) is 23.7. The maximum Gasteiger partial charge on any atom is 0.186 e. The average Bonchev–Trinajstić information content (AvgIpc) is 3.26. The lowest BCUT2D eigenvalue weighted by Crippen LogP contribution is -2.36. The van der Waals surface area contributed by atoms with Crippen LogP contribution in [-0.4, -0.2) is 56.1 Å². The molecule has 0 bridgehead atoms. The number of ether oxygens (including phenoxy) is 1. The summed E-state index contributed by atoms with van der Waals surface area (Å²) in [6.45, 7) is 12.5. The van der Waals surface area contributed by atoms with Crippen LogP contribution in [0.1, 0.15) is 43.8 Å². The van der Waals surface area contributed by atoms with Gasteiger partial charge in [0.25, 0.3) is 0 Å². The Morgan fingerprint density at radius 3 is 2.61 bits per heavy atom. The van der Waals surface area contributed by atoms with Gasteiger partial charge in [-0.25, -0.2) is 4.98 Å². The Kier molecular flexibility index (Phi) is 9.47. The van der Waals surface area contributed by atoms with E-state index >= 15 is 0 Å². The van der Waals surface area contributed by atoms with E-state index < -0.39 is 0 Å². The minimum absolute atomic E-state index is 0.189. The third kappa shape index (κ3) is 6.65. The highest BCUT2D eigenvalue weighted by Gasteiger charge is 2.27. The van der Waals surface area contributed by atoms with Gasteiger partial charge < -0.3 is 9.64 Å². The molecule has 1 aromatic carbocycles. The van der Waals surface area contributed by atoms with E-state index in [2.05, 4.69) is 66.0 Å². The van der Waals surface area contributed by atoms with Crippen molar-refractivity contribution in [3.63, 3.8) is 0 Å². The van der Waals surface area contributed by atoms with Crippen molar-refractivity contribution in [2.45, 2.75) is 33.1 Å². The first-order valence-corrected chi connectivity index (χ1v) is 13.1. The summed E-state index contributed by atoms with van der Waals surface area (Å²) >= 11 is 3.36. The number of hydrogen-bond acceptors (Lipinski definition) is 7. The smallest absolute Gasteiger partial charge is 0.186 e. The summed E-state index contributed by atoms with van der Waals surface area (Å²) < 4.78 is 5.56. The summed E-state index contributed by atoms with van der Waals surface area (Å²) in [5.41, 5.74) is 4.86. The van der Waals surface area contributed by atoms with E-state index in [1.807, 2.05) is 37.7 Å². The van der Waals surface area contributed by atoms with Crippen molar-refractivity contribution in [3.05, 3.63) is 63.5 Å². The largest absolute Gasteiger partial charge is 0.378 e. The molecule has 7 heteroatoms. The zero-order valence-corrected chi connectivity index (χ0v) is 21.9. The lowest BCUT2D eigenvalue weighted by Gasteiger charge is -2.26. The van der Waals surface area contributed by atoms with Crippen LogP contribution in [0.5, 0.6) is 0 Å². The van der Waals surface area contributed by atoms with Crippen molar-refractivity contribution >= 4 is 45.6 Å². The van der Waals surface area contributed by atoms with Crippen LogP contribution in [-0.2, 0) is 10.2 Å². The number of aliphatic imine (C=N–C) groups is 2. The second-order valence-corrected chi connectivity index (χ2v) is 10.1. The van der Waals surface area contributed by atoms with Crippen LogP contribution in [0.3, 0.4) is 0 Å². The van der Waals surface area contributed by atoms with Crippen LogP contribution in [0.2, 0.25) is 0 Å². The molecular weight excluding hydrogens is 448 g/mol. The third-order valence-electron chi connectivity index (χ3n) is 5.32. The Balaban J connectivity index is 2.12. The van der Waals surface area contributed by atoms with Crippen LogP contribution in [0, 0.1) is 0 Å². The van der Waals surface area contributed by atoms with E-state index in [0.29, 0.717) is 0 Å². The van der Waals surface area contributed by atoms with Gasteiger partial charge >= 0.3 is 0 Å². The molecule has 2 heterocycles. The number of morpholine rings is 1. The van der Waals surface area contributed by atoms with Gasteiger partial charge in [-0.15, -0.1) is 0 Å². The van der Waals surface area contributed by atoms with Crippen molar-refractivity contribution in [2.24, 2.45) is 9.98 Å². The molecule has 0 radical (unpaired) electrons. The van der Waals surface area contributed by atoms with Gasteiger partial charge in [-0.05, 0) is 19.9 Å². The molecule has 0 N–H and O–H groups in total. The quantitative estimate of drug-likeness (QED) is 0.247. The molecular formula is C26H34N4OS2. The Morgan fingerprint density at radius 2 is 1.97 bits per heavy atom. The molecule has 33 heavy (non-hydrogen) atoms. The monoisotopic (exact) mass is 482 g/mol. The number of anilines is 1. The highest BCUT2D eigenvalue weighted by atomic mass is 32.2. The molecule has 1 aliphatic rings. The number of thiazole rings is 1. The van der Waals surface area contributed by atoms with E-state index in [1.54, 1.807) is 23.1 Å². The molecule has 2 aromatic rings. The van der Waals surface area contributed by atoms with Crippen molar-refractivity contribution in [2.75, 3.05) is 44.8 Å². The summed E-state index contributed by atoms with van der Waals surface area (Å²) in [4.78, 5) is 18.8. The Labute approximate surface area is 206 Å². The van der Waals surface area contributed by atoms with E-state index in [4.69, 9.17) is 9.72 Å². The van der Waals surface area contributed by atoms with Crippen molar-refractivity contribution in [1.82, 2.24) is 4.98 Å². The van der Waals surface area contributed by atoms with Gasteiger partial charge in [0.1, 0.15) is 0 Å². The van der Waals surface area contributed by atoms with Crippen LogP contribution in [0.15, 0.2) is 57.4 Å². The van der Waals surface area contributed by atoms with E-state index in [0.717, 1.165) is 64.7 Å². The highest BCUT2D eigenvalue weighted by Crippen LogP contribution is 2.38. The van der Waals surface area contributed by atoms with Gasteiger partial charge in [0.05, 0.1) is 35.0 Å². The first kappa shape index (κ1) is 25.4. The van der Waals surface area contributed by atoms with Gasteiger partial charge in [0.2, 0.25) is 0 Å². The highest BCUT2D eigenvalue weighted by molar-refractivity contribution is 8.16. The Hall–Kier alpha value is -2.22. The topological polar surface area (TPSA) is 50.1 Å². The summed E-state index contributed by atoms with van der Waals surface area (Å²) in [7, 11) is 1.85. The number of thioether (sulfide) groups is 1. The molecule has 0 saturated carbocycles. The average molecular weight is 483 g/mol. The van der Waals surface area contributed by atoms with Crippen LogP contribution in [0.25, 0.3) is 6.08 Å². The predicted octanol–water partition coefficient (Wildman–Crippen LogP) is 6.07. The molecule has 1 fully saturated rings. The van der Waals surface area contributed by atoms with Gasteiger partial charge in [-0.1, -0.05) is 79.4 Å². The molecule has 1 aromatic heterocycles. The summed E-state index contributed by atoms with van der Waals surface area (Å²) in [6, 6.07) is 10.3. The van der Waals surface area contributed by atoms with Gasteiger partial charge in [-0.2, -0.15) is 0 Å². The zero-order valence-electron chi connectivity index (χ0n) is 20.2. The number of benzene rings is 1. The second-order valence-electron chi connectivity index (χ2n) is 8.20. The Bertz CT molecular complexity index is 1020. The molecule has 0 aliphatic carbocycles. The minimum atomic E-state index is -0.189. The van der Waals surface area contributed by atoms with Gasteiger partial charge in [0.15, 0.2) is 5.13 Å². The molecule has 176 valence electrons. The minimum Gasteiger partial charge on any atom is -0.378 e. The number of nitrogens with zero attached hydrogens (tertiary/aromatic N) is 4. The number of hydrogen-bond donors (Lipinski definition) is 0. The molecule has 5 nitrogen and oxygen atoms in total. The SMILES string of the molecule is C/C=C\C(C)(C)c1nc(N2CCOCC2)sc1/C=C(\SC=NCC)C(=NC)c1ccccc1. The molecule has 0 spiro atoms. The van der Waals surface area contributed by atoms with E-state index in [1.165, 1.54) is 0 Å². The normalized spacial score (nSPS) is 16.3. The first-order chi connectivity index (χ1) is 16.0. The molecule has 1 aliphatic heterocycles. The van der Waals surface area contributed by atoms with Crippen LogP contribution >= 0.6 is 23.1 Å². The summed E-state index contributed by atoms with van der Waals surface area (Å²) in [6.07, 6.45) is 6.57. The van der Waals surface area contributed by atoms with Gasteiger partial charge in [0, 0.05) is 42.6 Å². The fraction of sp³-hybridized carbons (Fsp3) is 0.423. The lowest BCUT2D eigenvalue weighted by molar-refractivity contribution is 0.122. The first-order valence-electron chi connectivity index (χ1n) is 11.4. The fourth-order valence-electron chi connectivity index (χ4n) is 3.69. The van der Waals surface area contributed by atoms with Crippen LogP contribution < -0.4 is 4.90 Å². The van der Waals surface area contributed by atoms with Crippen molar-refractivity contribution < 1.29 is 4.74 Å². The van der Waals surface area contributed by atoms with Crippen LogP contribution in [0.4, 0.5) is 5.13 Å². The maximum atomic E-state index is 5.56. The molecule has 0 unspecified atom stereocenters. The fourth-order valence-corrected chi connectivity index (χ4v) is 5.83. The summed E-state index contributed by atoms with van der Waals surface area (Å²) in [5.74, 6) is 0. The third-order valence-corrected chi connectivity index (χ3v) is 7.20. The molecule has 1 saturated heterocycles. The second kappa shape index (κ2) is 12.3. The number of rotatable bonds is 9. The number of aromatic nitrogens is 1. The van der Waals surface area contributed by atoms with Crippen molar-refractivity contribution in [3.8, 4) is 0 Å². The van der Waals surface area contributed by atoms with Crippen molar-refractivity contribution in [1.29, 1.82) is 0 Å². The van der Waals surface area contributed by atoms with Gasteiger partial charge in [-0.3, -0.25) is 9.98 Å². The van der Waals surface area contributed by atoms with E-state index in [-0.39, 0.29) is 5.41 Å². The van der Waals surface area contributed by atoms with E-state index in [9.17, 15) is 0 Å². The Morgan fingerprint density at radius 1 is 1.24 bits per heavy atom. The molecule has 0 atom stereocenters. The number of allylic oxidation sites excluding steroid dienone is 3. The lowest BCUT2D eigenvalue weighted by atomic mass is 9.88. The predicted molar refractivity (Wildman–Crippen MR) is 146 cm³/mol. The summed E-state index contributed by atoms with van der Waals surface area (Å²) in [5, 5.41) is 1.05. The maximum absolute atomic E-state index is 5.56.